The van der Waals surface area contributed by atoms with Gasteiger partial charge in [-0.05, 0) is 24.6 Å². The van der Waals surface area contributed by atoms with Gasteiger partial charge in [-0.3, -0.25) is 4.79 Å². The van der Waals surface area contributed by atoms with Crippen molar-refractivity contribution in [1.82, 2.24) is 4.98 Å². The van der Waals surface area contributed by atoms with Crippen molar-refractivity contribution in [3.8, 4) is 11.1 Å². The van der Waals surface area contributed by atoms with Crippen LogP contribution in [0.5, 0.6) is 0 Å². The van der Waals surface area contributed by atoms with Gasteiger partial charge in [0.15, 0.2) is 5.43 Å². The summed E-state index contributed by atoms with van der Waals surface area (Å²) in [5, 5.41) is -0.389. The zero-order valence-electron chi connectivity index (χ0n) is 9.81. The van der Waals surface area contributed by atoms with E-state index in [9.17, 15) is 18.0 Å². The number of hydrogen-bond donors (Lipinski definition) is 1. The van der Waals surface area contributed by atoms with Crippen molar-refractivity contribution < 1.29 is 13.2 Å². The molecule has 0 bridgehead atoms. The first kappa shape index (κ1) is 13.7. The quantitative estimate of drug-likeness (QED) is 0.844. The van der Waals surface area contributed by atoms with Crippen molar-refractivity contribution in [1.29, 1.82) is 0 Å². The van der Waals surface area contributed by atoms with Crippen molar-refractivity contribution >= 4 is 11.6 Å². The first-order valence-corrected chi connectivity index (χ1v) is 5.73. The van der Waals surface area contributed by atoms with Crippen LogP contribution in [-0.4, -0.2) is 4.98 Å². The van der Waals surface area contributed by atoms with Crippen molar-refractivity contribution in [3.05, 3.63) is 57.0 Å². The molecule has 2 nitrogen and oxygen atoms in total. The van der Waals surface area contributed by atoms with Crippen molar-refractivity contribution in [2.45, 2.75) is 13.1 Å². The highest BCUT2D eigenvalue weighted by Crippen LogP contribution is 2.36. The largest absolute Gasteiger partial charge is 0.417 e. The second kappa shape index (κ2) is 4.74. The van der Waals surface area contributed by atoms with E-state index in [2.05, 4.69) is 4.98 Å². The third-order valence-corrected chi connectivity index (χ3v) is 3.04. The fraction of sp³-hybridized carbons (Fsp3) is 0.154. The number of benzene rings is 1. The van der Waals surface area contributed by atoms with E-state index in [1.165, 1.54) is 18.5 Å². The molecule has 100 valence electrons. The Balaban J connectivity index is 2.65. The SMILES string of the molecule is Cc1c[nH]cc(-c2ccc(Cl)c(C(F)(F)F)c2)c1=O. The van der Waals surface area contributed by atoms with Crippen LogP contribution in [0.25, 0.3) is 11.1 Å². The molecule has 0 unspecified atom stereocenters. The van der Waals surface area contributed by atoms with Gasteiger partial charge in [0.1, 0.15) is 0 Å². The molecular formula is C13H9ClF3NO. The number of pyridine rings is 1. The summed E-state index contributed by atoms with van der Waals surface area (Å²) in [5.41, 5.74) is -0.466. The maximum atomic E-state index is 12.8. The van der Waals surface area contributed by atoms with Crippen LogP contribution in [0.2, 0.25) is 5.02 Å². The predicted octanol–water partition coefficient (Wildman–Crippen LogP) is 4.02. The second-order valence-electron chi connectivity index (χ2n) is 4.07. The minimum atomic E-state index is -4.55. The lowest BCUT2D eigenvalue weighted by Crippen LogP contribution is -2.10. The normalized spacial score (nSPS) is 11.6. The van der Waals surface area contributed by atoms with E-state index < -0.39 is 11.7 Å². The summed E-state index contributed by atoms with van der Waals surface area (Å²) in [6.07, 6.45) is -1.69. The number of hydrogen-bond acceptors (Lipinski definition) is 1. The van der Waals surface area contributed by atoms with Crippen LogP contribution in [0.15, 0.2) is 35.4 Å². The standard InChI is InChI=1S/C13H9ClF3NO/c1-7-5-18-6-9(12(7)19)8-2-3-11(14)10(4-8)13(15,16)17/h2-6H,1H3,(H,18,19). The monoisotopic (exact) mass is 287 g/mol. The second-order valence-corrected chi connectivity index (χ2v) is 4.48. The third kappa shape index (κ3) is 2.66. The van der Waals surface area contributed by atoms with Crippen LogP contribution >= 0.6 is 11.6 Å². The number of aryl methyl sites for hydroxylation is 1. The molecule has 1 N–H and O–H groups in total. The maximum Gasteiger partial charge on any atom is 0.417 e. The van der Waals surface area contributed by atoms with E-state index in [0.717, 1.165) is 12.1 Å². The fourth-order valence-corrected chi connectivity index (χ4v) is 1.94. The smallest absolute Gasteiger partial charge is 0.367 e. The van der Waals surface area contributed by atoms with Gasteiger partial charge in [-0.25, -0.2) is 0 Å². The Labute approximate surface area is 111 Å². The number of alkyl halides is 3. The van der Waals surface area contributed by atoms with Gasteiger partial charge in [-0.1, -0.05) is 17.7 Å². The predicted molar refractivity (Wildman–Crippen MR) is 67.2 cm³/mol. The van der Waals surface area contributed by atoms with E-state index in [4.69, 9.17) is 11.6 Å². The van der Waals surface area contributed by atoms with E-state index in [-0.39, 0.29) is 21.6 Å². The highest BCUT2D eigenvalue weighted by Gasteiger charge is 2.33. The average Bonchev–Trinajstić information content (AvgIpc) is 2.32. The van der Waals surface area contributed by atoms with Crippen LogP contribution in [0, 0.1) is 6.92 Å². The van der Waals surface area contributed by atoms with Gasteiger partial charge in [-0.15, -0.1) is 0 Å². The van der Waals surface area contributed by atoms with E-state index in [0.29, 0.717) is 5.56 Å². The van der Waals surface area contributed by atoms with Gasteiger partial charge >= 0.3 is 6.18 Å². The lowest BCUT2D eigenvalue weighted by atomic mass is 10.0. The van der Waals surface area contributed by atoms with E-state index in [1.807, 2.05) is 0 Å². The van der Waals surface area contributed by atoms with Crippen LogP contribution in [-0.2, 0) is 6.18 Å². The lowest BCUT2D eigenvalue weighted by molar-refractivity contribution is -0.137. The number of aromatic amines is 1. The van der Waals surface area contributed by atoms with Crippen LogP contribution in [0.4, 0.5) is 13.2 Å². The molecule has 0 aliphatic carbocycles. The molecule has 0 radical (unpaired) electrons. The molecule has 0 spiro atoms. The summed E-state index contributed by atoms with van der Waals surface area (Å²) in [7, 11) is 0. The summed E-state index contributed by atoms with van der Waals surface area (Å²) in [5.74, 6) is 0. The topological polar surface area (TPSA) is 32.9 Å². The fourth-order valence-electron chi connectivity index (χ4n) is 1.72. The molecule has 0 amide bonds. The summed E-state index contributed by atoms with van der Waals surface area (Å²) in [6.45, 7) is 1.59. The minimum Gasteiger partial charge on any atom is -0.367 e. The van der Waals surface area contributed by atoms with E-state index >= 15 is 0 Å². The molecule has 0 aliphatic heterocycles. The summed E-state index contributed by atoms with van der Waals surface area (Å²) in [4.78, 5) is 14.6. The van der Waals surface area contributed by atoms with Crippen molar-refractivity contribution in [2.75, 3.05) is 0 Å². The van der Waals surface area contributed by atoms with E-state index in [1.54, 1.807) is 6.92 Å². The molecule has 19 heavy (non-hydrogen) atoms. The highest BCUT2D eigenvalue weighted by molar-refractivity contribution is 6.31. The molecule has 1 heterocycles. The minimum absolute atomic E-state index is 0.182. The van der Waals surface area contributed by atoms with Crippen LogP contribution in [0.3, 0.4) is 0 Å². The van der Waals surface area contributed by atoms with Crippen LogP contribution in [0.1, 0.15) is 11.1 Å². The molecule has 1 aromatic heterocycles. The Morgan fingerprint density at radius 3 is 2.53 bits per heavy atom. The molecule has 2 aromatic rings. The Bertz CT molecular complexity index is 676. The summed E-state index contributed by atoms with van der Waals surface area (Å²) in [6, 6.07) is 3.41. The highest BCUT2D eigenvalue weighted by atomic mass is 35.5. The molecule has 1 aromatic carbocycles. The molecule has 6 heteroatoms. The first-order chi connectivity index (χ1) is 8.80. The van der Waals surface area contributed by atoms with Gasteiger partial charge in [0, 0.05) is 23.5 Å². The maximum absolute atomic E-state index is 12.8. The Kier molecular flexibility index (Phi) is 3.41. The van der Waals surface area contributed by atoms with Gasteiger partial charge in [0.2, 0.25) is 0 Å². The van der Waals surface area contributed by atoms with Gasteiger partial charge in [0.25, 0.3) is 0 Å². The molecule has 0 saturated carbocycles. The number of aromatic nitrogens is 1. The summed E-state index contributed by atoms with van der Waals surface area (Å²) < 4.78 is 38.3. The average molecular weight is 288 g/mol. The van der Waals surface area contributed by atoms with Gasteiger partial charge in [-0.2, -0.15) is 13.2 Å². The first-order valence-electron chi connectivity index (χ1n) is 5.35. The zero-order chi connectivity index (χ0) is 14.2. The third-order valence-electron chi connectivity index (χ3n) is 2.71. The molecule has 0 atom stereocenters. The number of nitrogens with one attached hydrogen (secondary N) is 1. The zero-order valence-corrected chi connectivity index (χ0v) is 10.6. The molecular weight excluding hydrogens is 279 g/mol. The van der Waals surface area contributed by atoms with Gasteiger partial charge < -0.3 is 4.98 Å². The van der Waals surface area contributed by atoms with Crippen molar-refractivity contribution in [3.63, 3.8) is 0 Å². The number of rotatable bonds is 1. The molecule has 2 rings (SSSR count). The Morgan fingerprint density at radius 2 is 1.89 bits per heavy atom. The summed E-state index contributed by atoms with van der Waals surface area (Å²) >= 11 is 5.53. The molecule has 0 aliphatic rings. The van der Waals surface area contributed by atoms with Crippen LogP contribution < -0.4 is 5.43 Å². The lowest BCUT2D eigenvalue weighted by Gasteiger charge is -2.11. The molecule has 0 fully saturated rings. The Morgan fingerprint density at radius 1 is 1.21 bits per heavy atom. The molecule has 0 saturated heterocycles. The number of H-pyrrole nitrogens is 1. The van der Waals surface area contributed by atoms with Crippen molar-refractivity contribution in [2.24, 2.45) is 0 Å². The Hall–Kier alpha value is -1.75. The number of halogens is 4. The van der Waals surface area contributed by atoms with Gasteiger partial charge in [0.05, 0.1) is 10.6 Å².